The van der Waals surface area contributed by atoms with Crippen LogP contribution in [0.15, 0.2) is 23.1 Å². The van der Waals surface area contributed by atoms with Gasteiger partial charge in [-0.15, -0.1) is 0 Å². The van der Waals surface area contributed by atoms with Crippen LogP contribution in [0.5, 0.6) is 0 Å². The number of halogens is 2. The molecule has 7 heteroatoms. The first-order valence-electron chi connectivity index (χ1n) is 6.59. The van der Waals surface area contributed by atoms with E-state index in [1.165, 1.54) is 10.4 Å². The molecule has 1 unspecified atom stereocenters. The fraction of sp³-hybridized carbons (Fsp3) is 0.538. The van der Waals surface area contributed by atoms with Crippen LogP contribution >= 0.6 is 11.6 Å². The molecule has 1 aromatic rings. The molecule has 2 saturated heterocycles. The highest BCUT2D eigenvalue weighted by Gasteiger charge is 2.44. The molecule has 1 aromatic carbocycles. The average Bonchev–Trinajstić information content (AvgIpc) is 3.00. The molecule has 1 spiro atoms. The van der Waals surface area contributed by atoms with Crippen LogP contribution in [-0.4, -0.2) is 38.9 Å². The van der Waals surface area contributed by atoms with Gasteiger partial charge in [0, 0.05) is 19.6 Å². The number of hydrogen-bond acceptors (Lipinski definition) is 3. The second kappa shape index (κ2) is 4.94. The van der Waals surface area contributed by atoms with Gasteiger partial charge in [0.2, 0.25) is 10.0 Å². The zero-order valence-electron chi connectivity index (χ0n) is 10.9. The van der Waals surface area contributed by atoms with E-state index in [-0.39, 0.29) is 15.3 Å². The molecule has 110 valence electrons. The van der Waals surface area contributed by atoms with Gasteiger partial charge in [0.05, 0.1) is 5.02 Å². The van der Waals surface area contributed by atoms with Crippen molar-refractivity contribution in [1.29, 1.82) is 0 Å². The first-order valence-corrected chi connectivity index (χ1v) is 8.41. The highest BCUT2D eigenvalue weighted by Crippen LogP contribution is 2.39. The fourth-order valence-corrected chi connectivity index (χ4v) is 5.13. The molecule has 0 bridgehead atoms. The van der Waals surface area contributed by atoms with E-state index in [0.717, 1.165) is 38.1 Å². The van der Waals surface area contributed by atoms with Crippen LogP contribution in [0.25, 0.3) is 0 Å². The lowest BCUT2D eigenvalue weighted by Crippen LogP contribution is -2.33. The van der Waals surface area contributed by atoms with Gasteiger partial charge in [-0.1, -0.05) is 11.6 Å². The maximum Gasteiger partial charge on any atom is 0.244 e. The molecule has 2 heterocycles. The zero-order chi connectivity index (χ0) is 14.4. The summed E-state index contributed by atoms with van der Waals surface area (Å²) in [6.07, 6.45) is 1.86. The molecule has 1 N–H and O–H groups in total. The molecule has 2 aliphatic heterocycles. The average molecular weight is 319 g/mol. The van der Waals surface area contributed by atoms with E-state index < -0.39 is 15.8 Å². The van der Waals surface area contributed by atoms with Crippen molar-refractivity contribution >= 4 is 21.6 Å². The Morgan fingerprint density at radius 3 is 2.80 bits per heavy atom. The van der Waals surface area contributed by atoms with Crippen molar-refractivity contribution in [2.75, 3.05) is 26.2 Å². The molecule has 0 saturated carbocycles. The Morgan fingerprint density at radius 1 is 1.35 bits per heavy atom. The summed E-state index contributed by atoms with van der Waals surface area (Å²) in [5.41, 5.74) is 0.0551. The molecular weight excluding hydrogens is 303 g/mol. The van der Waals surface area contributed by atoms with E-state index in [2.05, 4.69) is 5.32 Å². The predicted octanol–water partition coefficient (Wildman–Crippen LogP) is 1.85. The Bertz CT molecular complexity index is 629. The van der Waals surface area contributed by atoms with Gasteiger partial charge in [-0.25, -0.2) is 12.8 Å². The lowest BCUT2D eigenvalue weighted by atomic mass is 9.87. The molecule has 3 rings (SSSR count). The van der Waals surface area contributed by atoms with Gasteiger partial charge in [-0.3, -0.25) is 0 Å². The van der Waals surface area contributed by atoms with Gasteiger partial charge in [0.15, 0.2) is 0 Å². The number of hydrogen-bond donors (Lipinski definition) is 1. The second-order valence-corrected chi connectivity index (χ2v) is 7.90. The third-order valence-corrected chi connectivity index (χ3v) is 6.58. The van der Waals surface area contributed by atoms with E-state index in [4.69, 9.17) is 11.6 Å². The van der Waals surface area contributed by atoms with Gasteiger partial charge >= 0.3 is 0 Å². The van der Waals surface area contributed by atoms with Gasteiger partial charge < -0.3 is 5.32 Å². The minimum Gasteiger partial charge on any atom is -0.316 e. The maximum absolute atomic E-state index is 13.1. The van der Waals surface area contributed by atoms with Gasteiger partial charge in [-0.2, -0.15) is 4.31 Å². The molecule has 0 radical (unpaired) electrons. The van der Waals surface area contributed by atoms with E-state index in [0.29, 0.717) is 13.1 Å². The van der Waals surface area contributed by atoms with Crippen molar-refractivity contribution in [2.45, 2.75) is 17.7 Å². The Hall–Kier alpha value is -0.690. The fourth-order valence-electron chi connectivity index (χ4n) is 3.07. The third kappa shape index (κ3) is 2.35. The monoisotopic (exact) mass is 318 g/mol. The van der Waals surface area contributed by atoms with Crippen molar-refractivity contribution in [3.05, 3.63) is 29.0 Å². The standard InChI is InChI=1S/C13H16ClFN2O2S/c14-11-7-10(15)1-2-12(11)20(18,19)17-6-4-13(9-17)3-5-16-8-13/h1-2,7,16H,3-6,8-9H2. The summed E-state index contributed by atoms with van der Waals surface area (Å²) in [6.45, 7) is 2.80. The van der Waals surface area contributed by atoms with Gasteiger partial charge in [0.25, 0.3) is 0 Å². The van der Waals surface area contributed by atoms with Crippen LogP contribution in [-0.2, 0) is 10.0 Å². The van der Waals surface area contributed by atoms with E-state index in [1.807, 2.05) is 0 Å². The molecule has 2 fully saturated rings. The second-order valence-electron chi connectivity index (χ2n) is 5.59. The van der Waals surface area contributed by atoms with Gasteiger partial charge in [-0.05, 0) is 43.0 Å². The summed E-state index contributed by atoms with van der Waals surface area (Å²) in [5, 5.41) is 3.23. The number of benzene rings is 1. The highest BCUT2D eigenvalue weighted by molar-refractivity contribution is 7.89. The van der Waals surface area contributed by atoms with Gasteiger partial charge in [0.1, 0.15) is 10.7 Å². The largest absolute Gasteiger partial charge is 0.316 e. The van der Waals surface area contributed by atoms with Crippen LogP contribution in [0.2, 0.25) is 5.02 Å². The predicted molar refractivity (Wildman–Crippen MR) is 74.7 cm³/mol. The lowest BCUT2D eigenvalue weighted by Gasteiger charge is -2.22. The van der Waals surface area contributed by atoms with Crippen LogP contribution < -0.4 is 5.32 Å². The zero-order valence-corrected chi connectivity index (χ0v) is 12.5. The molecule has 2 aliphatic rings. The SMILES string of the molecule is O=S(=O)(c1ccc(F)cc1Cl)N1CCC2(CCNC2)C1. The van der Waals surface area contributed by atoms with Crippen molar-refractivity contribution in [3.8, 4) is 0 Å². The molecule has 1 atom stereocenters. The van der Waals surface area contributed by atoms with Crippen LogP contribution in [0, 0.1) is 11.2 Å². The normalized spacial score (nSPS) is 27.5. The maximum atomic E-state index is 13.1. The molecule has 0 aliphatic carbocycles. The minimum atomic E-state index is -3.64. The number of nitrogens with zero attached hydrogens (tertiary/aromatic N) is 1. The van der Waals surface area contributed by atoms with Crippen molar-refractivity contribution in [1.82, 2.24) is 9.62 Å². The summed E-state index contributed by atoms with van der Waals surface area (Å²) in [6, 6.07) is 3.41. The Kier molecular flexibility index (Phi) is 3.52. The molecule has 20 heavy (non-hydrogen) atoms. The van der Waals surface area contributed by atoms with Crippen LogP contribution in [0.1, 0.15) is 12.8 Å². The number of rotatable bonds is 2. The molecule has 0 aromatic heterocycles. The number of nitrogens with one attached hydrogen (secondary N) is 1. The summed E-state index contributed by atoms with van der Waals surface area (Å²) in [4.78, 5) is -0.0106. The summed E-state index contributed by atoms with van der Waals surface area (Å²) in [5.74, 6) is -0.535. The van der Waals surface area contributed by atoms with E-state index in [1.54, 1.807) is 0 Å². The summed E-state index contributed by atoms with van der Waals surface area (Å²) in [7, 11) is -3.64. The van der Waals surface area contributed by atoms with E-state index in [9.17, 15) is 12.8 Å². The summed E-state index contributed by atoms with van der Waals surface area (Å²) >= 11 is 5.89. The highest BCUT2D eigenvalue weighted by atomic mass is 35.5. The smallest absolute Gasteiger partial charge is 0.244 e. The van der Waals surface area contributed by atoms with Crippen molar-refractivity contribution in [3.63, 3.8) is 0 Å². The van der Waals surface area contributed by atoms with Crippen LogP contribution in [0.3, 0.4) is 0 Å². The van der Waals surface area contributed by atoms with Crippen molar-refractivity contribution in [2.24, 2.45) is 5.41 Å². The minimum absolute atomic E-state index is 0.0106. The number of sulfonamides is 1. The Labute approximate surface area is 123 Å². The molecule has 0 amide bonds. The Morgan fingerprint density at radius 2 is 2.15 bits per heavy atom. The van der Waals surface area contributed by atoms with Crippen LogP contribution in [0.4, 0.5) is 4.39 Å². The van der Waals surface area contributed by atoms with E-state index >= 15 is 0 Å². The lowest BCUT2D eigenvalue weighted by molar-refractivity contribution is 0.338. The Balaban J connectivity index is 1.89. The molecule has 4 nitrogen and oxygen atoms in total. The first-order chi connectivity index (χ1) is 9.43. The third-order valence-electron chi connectivity index (χ3n) is 4.25. The topological polar surface area (TPSA) is 49.4 Å². The van der Waals surface area contributed by atoms with Crippen molar-refractivity contribution < 1.29 is 12.8 Å². The quantitative estimate of drug-likeness (QED) is 0.905. The molecular formula is C13H16ClFN2O2S. The first kappa shape index (κ1) is 14.3. The summed E-state index contributed by atoms with van der Waals surface area (Å²) < 4.78 is 39.7.